The van der Waals surface area contributed by atoms with Gasteiger partial charge < -0.3 is 25.0 Å². The lowest BCUT2D eigenvalue weighted by molar-refractivity contribution is -0.153. The summed E-state index contributed by atoms with van der Waals surface area (Å²) in [6, 6.07) is 11.4. The zero-order valence-electron chi connectivity index (χ0n) is 23.7. The zero-order valence-corrected chi connectivity index (χ0v) is 23.7. The van der Waals surface area contributed by atoms with Crippen molar-refractivity contribution >= 4 is 30.9 Å². The number of benzene rings is 1. The van der Waals surface area contributed by atoms with Crippen molar-refractivity contribution in [1.29, 1.82) is 0 Å². The molecule has 1 aliphatic heterocycles. The summed E-state index contributed by atoms with van der Waals surface area (Å²) in [5.41, 5.74) is 1.45. The first-order chi connectivity index (χ1) is 18.9. The standard InChI is InChI=1S/C28H37BN4O7/c1-16(2)15-23(29-39-27(37)17(3)33(6)18(4)28(38)40-29)31-26(36)24(19(5)34)32-25(35)22-14-10-13-21(30-22)20-11-8-7-9-12-20/h7-14,16-19,23-24,34H,15H2,1-6H3,(H,31,36)(H,32,35)/t17-,18+,19-,23+,24?/m1/s1. The van der Waals surface area contributed by atoms with Crippen LogP contribution in [0.2, 0.25) is 0 Å². The number of aliphatic hydroxyl groups excluding tert-OH is 1. The third kappa shape index (κ3) is 7.67. The van der Waals surface area contributed by atoms with Crippen LogP contribution in [0.25, 0.3) is 11.3 Å². The fourth-order valence-corrected chi connectivity index (χ4v) is 4.25. The van der Waals surface area contributed by atoms with E-state index in [1.165, 1.54) is 17.9 Å². The second-order valence-electron chi connectivity index (χ2n) is 10.5. The van der Waals surface area contributed by atoms with Crippen molar-refractivity contribution in [2.75, 3.05) is 7.05 Å². The van der Waals surface area contributed by atoms with Crippen molar-refractivity contribution in [2.24, 2.45) is 5.92 Å². The van der Waals surface area contributed by atoms with E-state index in [0.29, 0.717) is 5.69 Å². The van der Waals surface area contributed by atoms with Crippen LogP contribution in [-0.4, -0.2) is 83.1 Å². The van der Waals surface area contributed by atoms with Gasteiger partial charge in [0.05, 0.1) is 17.7 Å². The lowest BCUT2D eigenvalue weighted by atomic mass is 9.73. The van der Waals surface area contributed by atoms with Gasteiger partial charge in [0, 0.05) is 5.56 Å². The number of carbonyl (C=O) groups excluding carboxylic acids is 4. The number of amides is 2. The van der Waals surface area contributed by atoms with Crippen molar-refractivity contribution in [3.63, 3.8) is 0 Å². The summed E-state index contributed by atoms with van der Waals surface area (Å²) in [6.07, 6.45) is -0.992. The first-order valence-electron chi connectivity index (χ1n) is 13.3. The van der Waals surface area contributed by atoms with E-state index in [4.69, 9.17) is 9.31 Å². The number of hydrogen-bond donors (Lipinski definition) is 3. The number of rotatable bonds is 9. The van der Waals surface area contributed by atoms with Gasteiger partial charge in [-0.2, -0.15) is 0 Å². The molecule has 1 unspecified atom stereocenters. The molecule has 0 bridgehead atoms. The van der Waals surface area contributed by atoms with Gasteiger partial charge in [-0.3, -0.25) is 24.1 Å². The van der Waals surface area contributed by atoms with Crippen LogP contribution >= 0.6 is 0 Å². The van der Waals surface area contributed by atoms with Gasteiger partial charge in [0.25, 0.3) is 5.91 Å². The number of pyridine rings is 1. The Morgan fingerprint density at radius 3 is 2.12 bits per heavy atom. The number of likely N-dealkylation sites (N-methyl/N-ethyl adjacent to an activating group) is 1. The molecule has 1 aliphatic rings. The van der Waals surface area contributed by atoms with E-state index in [9.17, 15) is 24.3 Å². The smallest absolute Gasteiger partial charge is 0.497 e. The fourth-order valence-electron chi connectivity index (χ4n) is 4.25. The minimum Gasteiger partial charge on any atom is -0.497 e. The molecule has 0 spiro atoms. The Kier molecular flexibility index (Phi) is 10.4. The second kappa shape index (κ2) is 13.5. The molecular weight excluding hydrogens is 515 g/mol. The highest BCUT2D eigenvalue weighted by molar-refractivity contribution is 6.51. The number of hydrogen-bond acceptors (Lipinski definition) is 9. The molecule has 3 rings (SSSR count). The molecule has 2 amide bonds. The van der Waals surface area contributed by atoms with Crippen molar-refractivity contribution in [3.05, 3.63) is 54.2 Å². The minimum atomic E-state index is -1.39. The molecular formula is C28H37BN4O7. The van der Waals surface area contributed by atoms with E-state index in [1.54, 1.807) is 33.0 Å². The van der Waals surface area contributed by atoms with Crippen molar-refractivity contribution in [3.8, 4) is 11.3 Å². The van der Waals surface area contributed by atoms with Gasteiger partial charge in [0.1, 0.15) is 23.8 Å². The highest BCUT2D eigenvalue weighted by atomic mass is 16.6. The van der Waals surface area contributed by atoms with Gasteiger partial charge in [0.15, 0.2) is 0 Å². The van der Waals surface area contributed by atoms with Gasteiger partial charge >= 0.3 is 19.1 Å². The zero-order chi connectivity index (χ0) is 29.6. The van der Waals surface area contributed by atoms with Crippen molar-refractivity contribution in [2.45, 2.75) is 71.2 Å². The van der Waals surface area contributed by atoms with Gasteiger partial charge in [-0.1, -0.05) is 50.2 Å². The third-order valence-electron chi connectivity index (χ3n) is 6.85. The lowest BCUT2D eigenvalue weighted by Gasteiger charge is -2.35. The predicted molar refractivity (Wildman–Crippen MR) is 149 cm³/mol. The summed E-state index contributed by atoms with van der Waals surface area (Å²) in [7, 11) is 0.228. The van der Waals surface area contributed by atoms with Gasteiger partial charge in [-0.15, -0.1) is 0 Å². The van der Waals surface area contributed by atoms with Crippen LogP contribution in [0.5, 0.6) is 0 Å². The monoisotopic (exact) mass is 552 g/mol. The molecule has 2 heterocycles. The number of aliphatic hydroxyl groups is 1. The van der Waals surface area contributed by atoms with Crippen molar-refractivity contribution < 1.29 is 33.6 Å². The van der Waals surface area contributed by atoms with E-state index in [0.717, 1.165) is 5.56 Å². The van der Waals surface area contributed by atoms with Crippen LogP contribution in [-0.2, 0) is 23.7 Å². The molecule has 1 saturated heterocycles. The minimum absolute atomic E-state index is 0.00943. The normalized spacial score (nSPS) is 20.4. The maximum Gasteiger partial charge on any atom is 0.622 e. The Bertz CT molecular complexity index is 1190. The van der Waals surface area contributed by atoms with E-state index >= 15 is 0 Å². The molecule has 5 atom stereocenters. The predicted octanol–water partition coefficient (Wildman–Crippen LogP) is 1.59. The highest BCUT2D eigenvalue weighted by Gasteiger charge is 2.45. The number of nitrogens with zero attached hydrogens (tertiary/aromatic N) is 2. The fraction of sp³-hybridized carbons (Fsp3) is 0.464. The highest BCUT2D eigenvalue weighted by Crippen LogP contribution is 2.18. The molecule has 1 aromatic heterocycles. The van der Waals surface area contributed by atoms with Crippen LogP contribution < -0.4 is 10.6 Å². The quantitative estimate of drug-likeness (QED) is 0.395. The summed E-state index contributed by atoms with van der Waals surface area (Å²) >= 11 is 0. The van der Waals surface area contributed by atoms with Gasteiger partial charge in [-0.05, 0) is 52.3 Å². The van der Waals surface area contributed by atoms with Crippen LogP contribution in [0.15, 0.2) is 48.5 Å². The SMILES string of the molecule is CC(C)C[C@H](NC(=O)C(NC(=O)c1cccc(-c2ccccc2)n1)[C@@H](C)O)B1OC(=O)[C@@H](C)N(C)[C@@H](C)C(=O)O1. The molecule has 11 nitrogen and oxygen atoms in total. The Morgan fingerprint density at radius 2 is 1.57 bits per heavy atom. The Labute approximate surface area is 234 Å². The molecule has 2 aromatic rings. The second-order valence-corrected chi connectivity index (χ2v) is 10.5. The molecule has 0 radical (unpaired) electrons. The maximum absolute atomic E-state index is 13.4. The summed E-state index contributed by atoms with van der Waals surface area (Å²) < 4.78 is 11.0. The summed E-state index contributed by atoms with van der Waals surface area (Å²) in [5, 5.41) is 15.7. The van der Waals surface area contributed by atoms with Crippen molar-refractivity contribution in [1.82, 2.24) is 20.5 Å². The summed E-state index contributed by atoms with van der Waals surface area (Å²) in [6.45, 7) is 8.38. The largest absolute Gasteiger partial charge is 0.622 e. The Hall–Kier alpha value is -3.77. The van der Waals surface area contributed by atoms with Crippen LogP contribution in [0, 0.1) is 5.92 Å². The first kappa shape index (κ1) is 30.8. The van der Waals surface area contributed by atoms with Crippen LogP contribution in [0.1, 0.15) is 51.5 Å². The molecule has 3 N–H and O–H groups in total. The molecule has 1 fully saturated rings. The Morgan fingerprint density at radius 1 is 0.975 bits per heavy atom. The molecule has 40 heavy (non-hydrogen) atoms. The molecule has 12 heteroatoms. The molecule has 0 aliphatic carbocycles. The van der Waals surface area contributed by atoms with Gasteiger partial charge in [-0.25, -0.2) is 4.98 Å². The Balaban J connectivity index is 1.80. The van der Waals surface area contributed by atoms with E-state index < -0.39 is 61.0 Å². The van der Waals surface area contributed by atoms with Crippen LogP contribution in [0.3, 0.4) is 0 Å². The van der Waals surface area contributed by atoms with E-state index in [-0.39, 0.29) is 18.0 Å². The third-order valence-corrected chi connectivity index (χ3v) is 6.85. The van der Waals surface area contributed by atoms with E-state index in [1.807, 2.05) is 44.2 Å². The maximum atomic E-state index is 13.4. The van der Waals surface area contributed by atoms with Crippen LogP contribution in [0.4, 0.5) is 0 Å². The summed E-state index contributed by atoms with van der Waals surface area (Å²) in [5.74, 6) is -3.54. The summed E-state index contributed by atoms with van der Waals surface area (Å²) in [4.78, 5) is 57.8. The number of carbonyl (C=O) groups is 4. The average molecular weight is 552 g/mol. The molecule has 214 valence electrons. The number of aromatic nitrogens is 1. The first-order valence-corrected chi connectivity index (χ1v) is 13.3. The number of nitrogens with one attached hydrogen (secondary N) is 2. The molecule has 1 aromatic carbocycles. The lowest BCUT2D eigenvalue weighted by Crippen LogP contribution is -2.61. The van der Waals surface area contributed by atoms with E-state index in [2.05, 4.69) is 15.6 Å². The molecule has 0 saturated carbocycles. The van der Waals surface area contributed by atoms with Gasteiger partial charge in [0.2, 0.25) is 5.91 Å². The average Bonchev–Trinajstić information content (AvgIpc) is 2.93. The topological polar surface area (TPSA) is 147 Å².